The molecule has 1 aromatic heterocycles. The Morgan fingerprint density at radius 1 is 1.22 bits per heavy atom. The molecule has 122 valence electrons. The molecule has 1 aromatic carbocycles. The predicted molar refractivity (Wildman–Crippen MR) is 83.6 cm³/mol. The lowest BCUT2D eigenvalue weighted by Gasteiger charge is -2.12. The summed E-state index contributed by atoms with van der Waals surface area (Å²) in [5.41, 5.74) is 0. The van der Waals surface area contributed by atoms with Crippen molar-refractivity contribution in [2.45, 2.75) is 32.2 Å². The molecule has 6 heteroatoms. The lowest BCUT2D eigenvalue weighted by molar-refractivity contribution is -0.139. The van der Waals surface area contributed by atoms with E-state index in [1.54, 1.807) is 12.1 Å². The maximum atomic E-state index is 12.1. The number of rotatable bonds is 8. The van der Waals surface area contributed by atoms with Crippen LogP contribution in [0.5, 0.6) is 11.7 Å². The number of hydrogen-bond acceptors (Lipinski definition) is 4. The van der Waals surface area contributed by atoms with Gasteiger partial charge in [-0.1, -0.05) is 38.0 Å². The first-order chi connectivity index (χ1) is 11.1. The maximum absolute atomic E-state index is 12.1. The number of aliphatic carboxylic acids is 1. The Morgan fingerprint density at radius 3 is 2.61 bits per heavy atom. The molecule has 2 N–H and O–H groups in total. The molecule has 0 saturated carbocycles. The number of nitrogens with one attached hydrogen (secondary N) is 1. The van der Waals surface area contributed by atoms with E-state index in [0.717, 1.165) is 12.8 Å². The van der Waals surface area contributed by atoms with Crippen molar-refractivity contribution >= 4 is 11.9 Å². The molecular weight excluding hydrogens is 298 g/mol. The molecule has 0 spiro atoms. The van der Waals surface area contributed by atoms with Gasteiger partial charge in [0.1, 0.15) is 11.8 Å². The lowest BCUT2D eigenvalue weighted by Crippen LogP contribution is -2.40. The smallest absolute Gasteiger partial charge is 0.326 e. The molecule has 0 aliphatic heterocycles. The topological polar surface area (TPSA) is 88.8 Å². The molecule has 1 amide bonds. The van der Waals surface area contributed by atoms with Crippen LogP contribution in [0.25, 0.3) is 0 Å². The summed E-state index contributed by atoms with van der Waals surface area (Å²) in [5, 5.41) is 11.6. The summed E-state index contributed by atoms with van der Waals surface area (Å²) in [6.45, 7) is 1.96. The second-order valence-electron chi connectivity index (χ2n) is 5.04. The van der Waals surface area contributed by atoms with Gasteiger partial charge in [0.05, 0.1) is 0 Å². The minimum Gasteiger partial charge on any atom is -0.480 e. The minimum atomic E-state index is -1.06. The largest absolute Gasteiger partial charge is 0.480 e. The zero-order valence-electron chi connectivity index (χ0n) is 12.8. The van der Waals surface area contributed by atoms with Gasteiger partial charge in [-0.2, -0.15) is 0 Å². The number of ether oxygens (including phenoxy) is 1. The van der Waals surface area contributed by atoms with E-state index in [1.165, 1.54) is 12.1 Å². The SMILES string of the molecule is CCCCC(NC(=O)c1ccc(Oc2ccccc2)o1)C(=O)O. The number of unbranched alkanes of at least 4 members (excludes halogenated alkanes) is 1. The summed E-state index contributed by atoms with van der Waals surface area (Å²) in [5.74, 6) is -0.865. The molecule has 2 aromatic rings. The van der Waals surface area contributed by atoms with E-state index in [9.17, 15) is 9.59 Å². The van der Waals surface area contributed by atoms with Crippen LogP contribution < -0.4 is 10.1 Å². The Kier molecular flexibility index (Phi) is 5.80. The highest BCUT2D eigenvalue weighted by atomic mass is 16.6. The molecular formula is C17H19NO5. The van der Waals surface area contributed by atoms with Gasteiger partial charge in [0, 0.05) is 6.07 Å². The van der Waals surface area contributed by atoms with E-state index in [4.69, 9.17) is 14.3 Å². The standard InChI is InChI=1S/C17H19NO5/c1-2-3-9-13(17(20)21)18-16(19)14-10-11-15(23-14)22-12-7-5-4-6-8-12/h4-8,10-11,13H,2-3,9H2,1H3,(H,18,19)(H,20,21). The van der Waals surface area contributed by atoms with Gasteiger partial charge >= 0.3 is 5.97 Å². The van der Waals surface area contributed by atoms with Crippen LogP contribution in [0.15, 0.2) is 46.9 Å². The van der Waals surface area contributed by atoms with Crippen LogP contribution in [0.2, 0.25) is 0 Å². The van der Waals surface area contributed by atoms with Crippen LogP contribution in [-0.4, -0.2) is 23.0 Å². The van der Waals surface area contributed by atoms with Crippen molar-refractivity contribution in [2.75, 3.05) is 0 Å². The number of carbonyl (C=O) groups excluding carboxylic acids is 1. The molecule has 1 heterocycles. The number of carbonyl (C=O) groups is 2. The summed E-state index contributed by atoms with van der Waals surface area (Å²) in [4.78, 5) is 23.2. The summed E-state index contributed by atoms with van der Waals surface area (Å²) in [6.07, 6.45) is 1.96. The van der Waals surface area contributed by atoms with Crippen molar-refractivity contribution in [1.82, 2.24) is 5.32 Å². The highest BCUT2D eigenvalue weighted by molar-refractivity contribution is 5.94. The van der Waals surface area contributed by atoms with Crippen molar-refractivity contribution in [3.63, 3.8) is 0 Å². The van der Waals surface area contributed by atoms with Gasteiger partial charge in [-0.3, -0.25) is 4.79 Å². The van der Waals surface area contributed by atoms with E-state index in [-0.39, 0.29) is 11.7 Å². The molecule has 1 unspecified atom stereocenters. The first kappa shape index (κ1) is 16.6. The first-order valence-corrected chi connectivity index (χ1v) is 7.46. The molecule has 0 bridgehead atoms. The predicted octanol–water partition coefficient (Wildman–Crippen LogP) is 3.45. The van der Waals surface area contributed by atoms with E-state index in [0.29, 0.717) is 12.2 Å². The molecule has 0 aliphatic rings. The number of carboxylic acids is 1. The lowest BCUT2D eigenvalue weighted by atomic mass is 10.1. The molecule has 1 atom stereocenters. The second-order valence-corrected chi connectivity index (χ2v) is 5.04. The average Bonchev–Trinajstić information content (AvgIpc) is 3.00. The molecule has 0 aliphatic carbocycles. The van der Waals surface area contributed by atoms with Gasteiger partial charge in [0.2, 0.25) is 0 Å². The Balaban J connectivity index is 1.98. The van der Waals surface area contributed by atoms with Gasteiger partial charge in [-0.05, 0) is 24.6 Å². The normalized spacial score (nSPS) is 11.7. The Hall–Kier alpha value is -2.76. The van der Waals surface area contributed by atoms with Crippen LogP contribution in [0, 0.1) is 0 Å². The van der Waals surface area contributed by atoms with Crippen LogP contribution in [0.3, 0.4) is 0 Å². The number of furan rings is 1. The van der Waals surface area contributed by atoms with Crippen LogP contribution in [0.1, 0.15) is 36.7 Å². The van der Waals surface area contributed by atoms with E-state index in [2.05, 4.69) is 5.32 Å². The van der Waals surface area contributed by atoms with Gasteiger partial charge in [-0.25, -0.2) is 4.79 Å². The van der Waals surface area contributed by atoms with E-state index in [1.807, 2.05) is 25.1 Å². The Morgan fingerprint density at radius 2 is 1.96 bits per heavy atom. The minimum absolute atomic E-state index is 0.0127. The molecule has 23 heavy (non-hydrogen) atoms. The maximum Gasteiger partial charge on any atom is 0.326 e. The van der Waals surface area contributed by atoms with Crippen molar-refractivity contribution in [1.29, 1.82) is 0 Å². The molecule has 0 saturated heterocycles. The first-order valence-electron chi connectivity index (χ1n) is 7.46. The third-order valence-electron chi connectivity index (χ3n) is 3.22. The van der Waals surface area contributed by atoms with E-state index >= 15 is 0 Å². The van der Waals surface area contributed by atoms with Crippen LogP contribution in [0.4, 0.5) is 0 Å². The van der Waals surface area contributed by atoms with Crippen LogP contribution in [-0.2, 0) is 4.79 Å². The number of amides is 1. The average molecular weight is 317 g/mol. The number of carboxylic acid groups (broad SMARTS) is 1. The number of hydrogen-bond donors (Lipinski definition) is 2. The van der Waals surface area contributed by atoms with Gasteiger partial charge < -0.3 is 19.6 Å². The van der Waals surface area contributed by atoms with Crippen molar-refractivity contribution in [3.05, 3.63) is 48.2 Å². The second kappa shape index (κ2) is 8.03. The Bertz CT molecular complexity index is 650. The van der Waals surface area contributed by atoms with Gasteiger partial charge in [-0.15, -0.1) is 0 Å². The molecule has 6 nitrogen and oxygen atoms in total. The molecule has 2 rings (SSSR count). The zero-order chi connectivity index (χ0) is 16.7. The number of para-hydroxylation sites is 1. The van der Waals surface area contributed by atoms with Gasteiger partial charge in [0.15, 0.2) is 5.76 Å². The van der Waals surface area contributed by atoms with E-state index < -0.39 is 17.9 Å². The monoisotopic (exact) mass is 317 g/mol. The zero-order valence-corrected chi connectivity index (χ0v) is 12.8. The molecule has 0 radical (unpaired) electrons. The fraction of sp³-hybridized carbons (Fsp3) is 0.294. The fourth-order valence-electron chi connectivity index (χ4n) is 2.00. The third kappa shape index (κ3) is 4.88. The highest BCUT2D eigenvalue weighted by Crippen LogP contribution is 2.23. The van der Waals surface area contributed by atoms with Crippen molar-refractivity contribution < 1.29 is 23.8 Å². The quantitative estimate of drug-likeness (QED) is 0.778. The van der Waals surface area contributed by atoms with Gasteiger partial charge in [0.25, 0.3) is 11.9 Å². The molecule has 0 fully saturated rings. The highest BCUT2D eigenvalue weighted by Gasteiger charge is 2.22. The number of benzene rings is 1. The summed E-state index contributed by atoms with van der Waals surface area (Å²) >= 11 is 0. The van der Waals surface area contributed by atoms with Crippen molar-refractivity contribution in [2.24, 2.45) is 0 Å². The van der Waals surface area contributed by atoms with Crippen molar-refractivity contribution in [3.8, 4) is 11.7 Å². The summed E-state index contributed by atoms with van der Waals surface area (Å²) < 4.78 is 10.8. The summed E-state index contributed by atoms with van der Waals surface area (Å²) in [7, 11) is 0. The third-order valence-corrected chi connectivity index (χ3v) is 3.22. The summed E-state index contributed by atoms with van der Waals surface area (Å²) in [6, 6.07) is 11.0. The van der Waals surface area contributed by atoms with Crippen LogP contribution >= 0.6 is 0 Å². The fourth-order valence-corrected chi connectivity index (χ4v) is 2.00. The Labute approximate surface area is 134 Å².